The van der Waals surface area contributed by atoms with Crippen LogP contribution in [-0.2, 0) is 30.8 Å². The third-order valence-electron chi connectivity index (χ3n) is 3.67. The topological polar surface area (TPSA) is 84.9 Å². The lowest BCUT2D eigenvalue weighted by molar-refractivity contribution is -0.132. The number of carbonyl (C=O) groups excluding carboxylic acids is 1. The largest absolute Gasteiger partial charge is 0.379 e. The third kappa shape index (κ3) is 4.76. The molecule has 1 amide bonds. The normalized spacial score (nSPS) is 17.6. The Bertz CT molecular complexity index is 638. The maximum absolute atomic E-state index is 12.6. The van der Waals surface area contributed by atoms with Crippen molar-refractivity contribution in [1.29, 1.82) is 0 Å². The Morgan fingerprint density at radius 2 is 2.08 bits per heavy atom. The molecule has 1 unspecified atom stereocenters. The van der Waals surface area contributed by atoms with Crippen molar-refractivity contribution in [3.8, 4) is 0 Å². The van der Waals surface area contributed by atoms with Crippen LogP contribution in [0.2, 0.25) is 0 Å². The lowest BCUT2D eigenvalue weighted by Gasteiger charge is -2.25. The number of nitrogens with zero attached hydrogens (tertiary/aromatic N) is 1. The summed E-state index contributed by atoms with van der Waals surface area (Å²) in [6.45, 7) is 6.10. The van der Waals surface area contributed by atoms with Gasteiger partial charge in [-0.2, -0.15) is 4.31 Å². The summed E-state index contributed by atoms with van der Waals surface area (Å²) in [5.74, 6) is -0.176. The van der Waals surface area contributed by atoms with Crippen molar-refractivity contribution in [2.45, 2.75) is 37.1 Å². The van der Waals surface area contributed by atoms with Crippen molar-refractivity contribution in [3.63, 3.8) is 0 Å². The van der Waals surface area contributed by atoms with Crippen LogP contribution >= 0.6 is 11.3 Å². The monoisotopic (exact) mass is 376 g/mol. The van der Waals surface area contributed by atoms with Gasteiger partial charge in [-0.1, -0.05) is 6.92 Å². The average Bonchev–Trinajstić information content (AvgIpc) is 3.08. The molecule has 1 aliphatic rings. The fraction of sp³-hybridized carbons (Fsp3) is 0.667. The number of carbonyl (C=O) groups is 1. The second-order valence-corrected chi connectivity index (χ2v) is 8.64. The maximum Gasteiger partial charge on any atom is 0.252 e. The van der Waals surface area contributed by atoms with Crippen molar-refractivity contribution < 1.29 is 22.7 Å². The molecule has 0 bridgehead atoms. The molecule has 1 N–H and O–H groups in total. The van der Waals surface area contributed by atoms with Crippen molar-refractivity contribution in [2.24, 2.45) is 0 Å². The van der Waals surface area contributed by atoms with Crippen LogP contribution in [-0.4, -0.2) is 57.6 Å². The summed E-state index contributed by atoms with van der Waals surface area (Å²) in [6.07, 6.45) is 0.132. The van der Waals surface area contributed by atoms with Gasteiger partial charge in [0.1, 0.15) is 10.3 Å². The number of amides is 1. The van der Waals surface area contributed by atoms with Gasteiger partial charge in [0.25, 0.3) is 10.0 Å². The van der Waals surface area contributed by atoms with Crippen molar-refractivity contribution in [2.75, 3.05) is 32.9 Å². The van der Waals surface area contributed by atoms with Crippen molar-refractivity contribution in [3.05, 3.63) is 17.0 Å². The number of rotatable bonds is 8. The highest BCUT2D eigenvalue weighted by Gasteiger charge is 2.27. The van der Waals surface area contributed by atoms with Crippen LogP contribution in [0.15, 0.2) is 16.3 Å². The van der Waals surface area contributed by atoms with Gasteiger partial charge in [0.2, 0.25) is 5.91 Å². The first-order valence-electron chi connectivity index (χ1n) is 8.05. The first-order chi connectivity index (χ1) is 11.5. The second kappa shape index (κ2) is 8.91. The SMILES string of the molecule is CCOC(CC)C(=O)NCc1ccc(S(=O)(=O)N2CCOCC2)s1. The molecule has 1 aromatic heterocycles. The Labute approximate surface area is 147 Å². The predicted octanol–water partition coefficient (Wildman–Crippen LogP) is 1.20. The van der Waals surface area contributed by atoms with E-state index in [1.807, 2.05) is 13.8 Å². The van der Waals surface area contributed by atoms with Crippen molar-refractivity contribution in [1.82, 2.24) is 9.62 Å². The first kappa shape index (κ1) is 19.3. The van der Waals surface area contributed by atoms with E-state index < -0.39 is 16.1 Å². The molecular formula is C15H24N2O5S2. The van der Waals surface area contributed by atoms with Crippen LogP contribution in [0.1, 0.15) is 25.1 Å². The zero-order valence-corrected chi connectivity index (χ0v) is 15.6. The standard InChI is InChI=1S/C15H24N2O5S2/c1-3-13(22-4-2)15(18)16-11-12-5-6-14(23-12)24(19,20)17-7-9-21-10-8-17/h5-6,13H,3-4,7-11H2,1-2H3,(H,16,18). The summed E-state index contributed by atoms with van der Waals surface area (Å²) < 4.78 is 37.4. The molecule has 2 heterocycles. The quantitative estimate of drug-likeness (QED) is 0.737. The summed E-state index contributed by atoms with van der Waals surface area (Å²) in [7, 11) is -3.47. The molecule has 2 rings (SSSR count). The number of thiophene rings is 1. The Hall–Kier alpha value is -1.00. The molecule has 1 fully saturated rings. The van der Waals surface area contributed by atoms with Crippen LogP contribution < -0.4 is 5.32 Å². The van der Waals surface area contributed by atoms with E-state index in [2.05, 4.69) is 5.32 Å². The van der Waals surface area contributed by atoms with Crippen LogP contribution in [0.5, 0.6) is 0 Å². The van der Waals surface area contributed by atoms with E-state index in [9.17, 15) is 13.2 Å². The zero-order valence-electron chi connectivity index (χ0n) is 14.0. The molecule has 1 saturated heterocycles. The molecule has 7 nitrogen and oxygen atoms in total. The van der Waals surface area contributed by atoms with Crippen LogP contribution in [0.25, 0.3) is 0 Å². The summed E-state index contributed by atoms with van der Waals surface area (Å²) in [5, 5.41) is 2.80. The van der Waals surface area contributed by atoms with Gasteiger partial charge >= 0.3 is 0 Å². The minimum absolute atomic E-state index is 0.176. The van der Waals surface area contributed by atoms with E-state index in [4.69, 9.17) is 9.47 Å². The Morgan fingerprint density at radius 1 is 1.38 bits per heavy atom. The number of nitrogens with one attached hydrogen (secondary N) is 1. The lowest BCUT2D eigenvalue weighted by atomic mass is 10.2. The second-order valence-electron chi connectivity index (χ2n) is 5.31. The highest BCUT2D eigenvalue weighted by Crippen LogP contribution is 2.25. The molecular weight excluding hydrogens is 352 g/mol. The van der Waals surface area contributed by atoms with Gasteiger partial charge in [0.05, 0.1) is 19.8 Å². The van der Waals surface area contributed by atoms with Gasteiger partial charge in [-0.05, 0) is 25.5 Å². The summed E-state index contributed by atoms with van der Waals surface area (Å²) in [5.41, 5.74) is 0. The molecule has 1 atom stereocenters. The number of hydrogen-bond donors (Lipinski definition) is 1. The number of ether oxygens (including phenoxy) is 2. The van der Waals surface area contributed by atoms with E-state index in [1.54, 1.807) is 12.1 Å². The van der Waals surface area contributed by atoms with Crippen LogP contribution in [0.3, 0.4) is 0 Å². The highest BCUT2D eigenvalue weighted by molar-refractivity contribution is 7.91. The van der Waals surface area contributed by atoms with E-state index in [0.717, 1.165) is 4.88 Å². The molecule has 24 heavy (non-hydrogen) atoms. The van der Waals surface area contributed by atoms with E-state index in [1.165, 1.54) is 15.6 Å². The molecule has 0 aliphatic carbocycles. The van der Waals surface area contributed by atoms with E-state index in [0.29, 0.717) is 50.1 Å². The summed E-state index contributed by atoms with van der Waals surface area (Å²) in [4.78, 5) is 12.8. The lowest BCUT2D eigenvalue weighted by Crippen LogP contribution is -2.40. The van der Waals surface area contributed by atoms with Gasteiger partial charge in [-0.15, -0.1) is 11.3 Å². The molecule has 1 aromatic rings. The van der Waals surface area contributed by atoms with Gasteiger partial charge in [0.15, 0.2) is 0 Å². The summed E-state index contributed by atoms with van der Waals surface area (Å²) >= 11 is 1.18. The zero-order chi connectivity index (χ0) is 17.6. The Kier molecular flexibility index (Phi) is 7.17. The number of sulfonamides is 1. The van der Waals surface area contributed by atoms with Gasteiger partial charge in [0, 0.05) is 24.6 Å². The van der Waals surface area contributed by atoms with E-state index in [-0.39, 0.29) is 5.91 Å². The Balaban J connectivity index is 1.96. The first-order valence-corrected chi connectivity index (χ1v) is 10.3. The molecule has 0 aromatic carbocycles. The fourth-order valence-electron chi connectivity index (χ4n) is 2.37. The number of hydrogen-bond acceptors (Lipinski definition) is 6. The number of morpholine rings is 1. The van der Waals surface area contributed by atoms with Crippen molar-refractivity contribution >= 4 is 27.3 Å². The molecule has 0 saturated carbocycles. The molecule has 9 heteroatoms. The minimum atomic E-state index is -3.47. The predicted molar refractivity (Wildman–Crippen MR) is 91.4 cm³/mol. The van der Waals surface area contributed by atoms with Gasteiger partial charge in [-0.25, -0.2) is 8.42 Å². The van der Waals surface area contributed by atoms with Gasteiger partial charge < -0.3 is 14.8 Å². The van der Waals surface area contributed by atoms with E-state index >= 15 is 0 Å². The summed E-state index contributed by atoms with van der Waals surface area (Å²) in [6, 6.07) is 3.33. The fourth-order valence-corrected chi connectivity index (χ4v) is 5.23. The molecule has 0 radical (unpaired) electrons. The third-order valence-corrected chi connectivity index (χ3v) is 7.12. The van der Waals surface area contributed by atoms with Crippen LogP contribution in [0.4, 0.5) is 0 Å². The maximum atomic E-state index is 12.6. The Morgan fingerprint density at radius 3 is 2.71 bits per heavy atom. The molecule has 136 valence electrons. The minimum Gasteiger partial charge on any atom is -0.379 e. The average molecular weight is 377 g/mol. The molecule has 0 spiro atoms. The highest BCUT2D eigenvalue weighted by atomic mass is 32.2. The molecule has 1 aliphatic heterocycles. The smallest absolute Gasteiger partial charge is 0.252 e. The van der Waals surface area contributed by atoms with Gasteiger partial charge in [-0.3, -0.25) is 4.79 Å². The van der Waals surface area contributed by atoms with Crippen LogP contribution in [0, 0.1) is 0 Å².